The van der Waals surface area contributed by atoms with Gasteiger partial charge in [0.25, 0.3) is 0 Å². The molecule has 2 saturated heterocycles. The molecule has 2 aliphatic heterocycles. The van der Waals surface area contributed by atoms with E-state index in [0.717, 1.165) is 90.4 Å². The van der Waals surface area contributed by atoms with Crippen molar-refractivity contribution in [1.82, 2.24) is 0 Å². The SMILES string of the molecule is CCCCOC(=O)CCCCCCC/C=C\CCCCCC[C@@H](C)O[C@@H]1O[C@H](COC(C)=O)[C@@H](O)[C@H](O)[C@H]1O[C@@H]1O[C@H](COC(C)=O)[C@@H](O)[C@H](O)[C@H]1O. The Labute approximate surface area is 314 Å². The van der Waals surface area contributed by atoms with Crippen molar-refractivity contribution >= 4 is 17.9 Å². The lowest BCUT2D eigenvalue weighted by molar-refractivity contribution is -0.371. The number of unbranched alkanes of at least 4 members (excludes halogenated alkanes) is 10. The van der Waals surface area contributed by atoms with Gasteiger partial charge in [-0.15, -0.1) is 0 Å². The van der Waals surface area contributed by atoms with Crippen LogP contribution < -0.4 is 0 Å². The molecule has 0 aromatic rings. The highest BCUT2D eigenvalue weighted by molar-refractivity contribution is 5.69. The van der Waals surface area contributed by atoms with Crippen LogP contribution in [-0.2, 0) is 47.5 Å². The molecule has 0 saturated carbocycles. The second-order valence-electron chi connectivity index (χ2n) is 14.0. The van der Waals surface area contributed by atoms with Crippen LogP contribution in [-0.4, -0.2) is 131 Å². The number of aliphatic hydroxyl groups is 5. The zero-order chi connectivity index (χ0) is 39.2. The van der Waals surface area contributed by atoms with E-state index in [0.29, 0.717) is 19.4 Å². The lowest BCUT2D eigenvalue weighted by atomic mass is 9.97. The van der Waals surface area contributed by atoms with Gasteiger partial charge >= 0.3 is 17.9 Å². The second kappa shape index (κ2) is 26.6. The van der Waals surface area contributed by atoms with Gasteiger partial charge in [-0.1, -0.05) is 64.0 Å². The van der Waals surface area contributed by atoms with Crippen molar-refractivity contribution in [3.05, 3.63) is 12.2 Å². The van der Waals surface area contributed by atoms with Crippen molar-refractivity contribution in [1.29, 1.82) is 0 Å². The Morgan fingerprint density at radius 2 is 1.17 bits per heavy atom. The molecule has 0 aromatic heterocycles. The van der Waals surface area contributed by atoms with Gasteiger partial charge in [-0.3, -0.25) is 14.4 Å². The molecule has 5 N–H and O–H groups in total. The zero-order valence-corrected chi connectivity index (χ0v) is 32.1. The van der Waals surface area contributed by atoms with Crippen molar-refractivity contribution in [3.63, 3.8) is 0 Å². The number of ether oxygens (including phenoxy) is 7. The third-order valence-corrected chi connectivity index (χ3v) is 9.28. The molecule has 0 amide bonds. The van der Waals surface area contributed by atoms with Gasteiger partial charge < -0.3 is 58.7 Å². The maximum Gasteiger partial charge on any atom is 0.305 e. The van der Waals surface area contributed by atoms with E-state index in [1.807, 2.05) is 6.92 Å². The molecule has 15 nitrogen and oxygen atoms in total. The van der Waals surface area contributed by atoms with E-state index in [1.165, 1.54) is 6.92 Å². The first kappa shape index (κ1) is 46.9. The van der Waals surface area contributed by atoms with Gasteiger partial charge in [-0.2, -0.15) is 0 Å². The van der Waals surface area contributed by atoms with E-state index in [2.05, 4.69) is 19.1 Å². The first-order valence-corrected chi connectivity index (χ1v) is 19.4. The van der Waals surface area contributed by atoms with Crippen molar-refractivity contribution in [3.8, 4) is 0 Å². The van der Waals surface area contributed by atoms with Crippen LogP contribution in [0.15, 0.2) is 12.2 Å². The van der Waals surface area contributed by atoms with Crippen LogP contribution in [0, 0.1) is 0 Å². The van der Waals surface area contributed by atoms with Crippen LogP contribution in [0.25, 0.3) is 0 Å². The van der Waals surface area contributed by atoms with Crippen LogP contribution in [0.2, 0.25) is 0 Å². The Bertz CT molecular complexity index is 1060. The summed E-state index contributed by atoms with van der Waals surface area (Å²) in [5.74, 6) is -1.34. The van der Waals surface area contributed by atoms with Crippen molar-refractivity contribution in [2.45, 2.75) is 192 Å². The Balaban J connectivity index is 1.76. The Hall–Kier alpha value is -2.21. The molecule has 2 rings (SSSR count). The zero-order valence-electron chi connectivity index (χ0n) is 32.1. The lowest BCUT2D eigenvalue weighted by Gasteiger charge is -2.46. The van der Waals surface area contributed by atoms with E-state index >= 15 is 0 Å². The average Bonchev–Trinajstić information content (AvgIpc) is 3.11. The highest BCUT2D eigenvalue weighted by atomic mass is 16.8. The monoisotopic (exact) mass is 762 g/mol. The summed E-state index contributed by atoms with van der Waals surface area (Å²) in [6.45, 7) is 5.98. The first-order chi connectivity index (χ1) is 25.3. The van der Waals surface area contributed by atoms with Gasteiger partial charge in [0, 0.05) is 20.3 Å². The molecule has 0 spiro atoms. The van der Waals surface area contributed by atoms with Gasteiger partial charge in [0.15, 0.2) is 12.6 Å². The molecule has 0 aliphatic carbocycles. The molecule has 2 heterocycles. The minimum absolute atomic E-state index is 0.0831. The van der Waals surface area contributed by atoms with Crippen LogP contribution >= 0.6 is 0 Å². The number of carbonyl (C=O) groups excluding carboxylic acids is 3. The van der Waals surface area contributed by atoms with E-state index in [9.17, 15) is 39.9 Å². The topological polar surface area (TPSA) is 217 Å². The summed E-state index contributed by atoms with van der Waals surface area (Å²) < 4.78 is 38.6. The van der Waals surface area contributed by atoms with Gasteiger partial charge in [-0.25, -0.2) is 0 Å². The summed E-state index contributed by atoms with van der Waals surface area (Å²) in [6, 6.07) is 0. The van der Waals surface area contributed by atoms with Gasteiger partial charge in [-0.05, 0) is 51.9 Å². The van der Waals surface area contributed by atoms with Crippen LogP contribution in [0.3, 0.4) is 0 Å². The number of rotatable bonds is 26. The summed E-state index contributed by atoms with van der Waals surface area (Å²) in [5.41, 5.74) is 0. The number of hydrogen-bond donors (Lipinski definition) is 5. The molecule has 2 fully saturated rings. The molecule has 0 bridgehead atoms. The predicted octanol–water partition coefficient (Wildman–Crippen LogP) is 3.13. The molecule has 0 unspecified atom stereocenters. The minimum Gasteiger partial charge on any atom is -0.466 e. The van der Waals surface area contributed by atoms with E-state index < -0.39 is 80.0 Å². The Kier molecular flexibility index (Phi) is 23.5. The third kappa shape index (κ3) is 18.3. The standard InChI is InChI=1S/C38H66O15/c1-5-6-22-47-30(41)21-19-17-15-13-11-9-7-8-10-12-14-16-18-20-25(2)50-38-36(34(45)32(43)29(52-38)24-49-27(4)40)53-37-35(46)33(44)31(42)28(51-37)23-48-26(3)39/h7-8,25,28-29,31-38,42-46H,5-6,9-24H2,1-4H3/b8-7-/t25-,28-,29-,31-,32-,33+,34+,35-,36-,37+,38-/m1/s1. The summed E-state index contributed by atoms with van der Waals surface area (Å²) in [4.78, 5) is 34.4. The molecular formula is C38H66O15. The van der Waals surface area contributed by atoms with Crippen molar-refractivity contribution < 1.29 is 73.1 Å². The number of aliphatic hydroxyl groups excluding tert-OH is 5. The van der Waals surface area contributed by atoms with Crippen LogP contribution in [0.4, 0.5) is 0 Å². The molecule has 2 aliphatic rings. The summed E-state index contributed by atoms with van der Waals surface area (Å²) in [7, 11) is 0. The smallest absolute Gasteiger partial charge is 0.305 e. The van der Waals surface area contributed by atoms with Gasteiger partial charge in [0.1, 0.15) is 62.0 Å². The quantitative estimate of drug-likeness (QED) is 0.0370. The minimum atomic E-state index is -1.77. The maximum absolute atomic E-state index is 11.6. The van der Waals surface area contributed by atoms with E-state index in [4.69, 9.17) is 33.2 Å². The molecule has 0 radical (unpaired) electrons. The van der Waals surface area contributed by atoms with E-state index in [1.54, 1.807) is 0 Å². The van der Waals surface area contributed by atoms with Crippen molar-refractivity contribution in [2.24, 2.45) is 0 Å². The van der Waals surface area contributed by atoms with Crippen LogP contribution in [0.1, 0.15) is 124 Å². The molecule has 308 valence electrons. The van der Waals surface area contributed by atoms with Gasteiger partial charge in [0.05, 0.1) is 12.7 Å². The van der Waals surface area contributed by atoms with Crippen molar-refractivity contribution in [2.75, 3.05) is 19.8 Å². The maximum atomic E-state index is 11.6. The predicted molar refractivity (Wildman–Crippen MR) is 191 cm³/mol. The summed E-state index contributed by atoms with van der Waals surface area (Å²) in [6.07, 6.45) is 3.40. The first-order valence-electron chi connectivity index (χ1n) is 19.4. The highest BCUT2D eigenvalue weighted by Gasteiger charge is 2.51. The molecular weight excluding hydrogens is 696 g/mol. The fraction of sp³-hybridized carbons (Fsp3) is 0.868. The Morgan fingerprint density at radius 3 is 1.75 bits per heavy atom. The van der Waals surface area contributed by atoms with E-state index in [-0.39, 0.29) is 18.7 Å². The van der Waals surface area contributed by atoms with Crippen LogP contribution in [0.5, 0.6) is 0 Å². The number of carbonyl (C=O) groups is 3. The summed E-state index contributed by atoms with van der Waals surface area (Å²) in [5, 5.41) is 53.2. The highest BCUT2D eigenvalue weighted by Crippen LogP contribution is 2.31. The fourth-order valence-corrected chi connectivity index (χ4v) is 6.06. The number of allylic oxidation sites excluding steroid dienone is 2. The Morgan fingerprint density at radius 1 is 0.642 bits per heavy atom. The fourth-order valence-electron chi connectivity index (χ4n) is 6.06. The lowest BCUT2D eigenvalue weighted by Crippen LogP contribution is -2.65. The van der Waals surface area contributed by atoms with Gasteiger partial charge in [0.2, 0.25) is 0 Å². The molecule has 15 heteroatoms. The second-order valence-corrected chi connectivity index (χ2v) is 14.0. The largest absolute Gasteiger partial charge is 0.466 e. The molecule has 53 heavy (non-hydrogen) atoms. The molecule has 0 aromatic carbocycles. The number of hydrogen-bond acceptors (Lipinski definition) is 15. The molecule has 11 atom stereocenters. The third-order valence-electron chi connectivity index (χ3n) is 9.28. The number of esters is 3. The summed E-state index contributed by atoms with van der Waals surface area (Å²) >= 11 is 0. The normalized spacial score (nSPS) is 29.5. The average molecular weight is 763 g/mol.